The van der Waals surface area contributed by atoms with Gasteiger partial charge in [0.1, 0.15) is 5.78 Å². The molecule has 1 rings (SSSR count). The van der Waals surface area contributed by atoms with Crippen LogP contribution in [0.3, 0.4) is 0 Å². The smallest absolute Gasteiger partial charge is 0.135 e. The number of nitrogens with one attached hydrogen (secondary N) is 1. The molecule has 2 heteroatoms. The van der Waals surface area contributed by atoms with E-state index < -0.39 is 0 Å². The van der Waals surface area contributed by atoms with Gasteiger partial charge in [0.2, 0.25) is 0 Å². The first-order valence-electron chi connectivity index (χ1n) is 6.01. The van der Waals surface area contributed by atoms with Gasteiger partial charge in [0, 0.05) is 12.3 Å². The zero-order valence-corrected chi connectivity index (χ0v) is 9.51. The lowest BCUT2D eigenvalue weighted by atomic mass is 9.92. The molecule has 0 radical (unpaired) electrons. The van der Waals surface area contributed by atoms with Crippen molar-refractivity contribution in [1.29, 1.82) is 0 Å². The van der Waals surface area contributed by atoms with Crippen LogP contribution in [0.5, 0.6) is 0 Å². The van der Waals surface area contributed by atoms with Crippen LogP contribution in [0.4, 0.5) is 0 Å². The van der Waals surface area contributed by atoms with E-state index >= 15 is 0 Å². The molecule has 0 bridgehead atoms. The van der Waals surface area contributed by atoms with E-state index in [4.69, 9.17) is 0 Å². The van der Waals surface area contributed by atoms with E-state index in [1.54, 1.807) is 0 Å². The van der Waals surface area contributed by atoms with Crippen molar-refractivity contribution in [3.05, 3.63) is 0 Å². The van der Waals surface area contributed by atoms with Crippen LogP contribution in [0.25, 0.3) is 0 Å². The summed E-state index contributed by atoms with van der Waals surface area (Å²) >= 11 is 0. The van der Waals surface area contributed by atoms with Crippen LogP contribution < -0.4 is 5.32 Å². The Balaban J connectivity index is 2.18. The Labute approximate surface area is 87.5 Å². The summed E-state index contributed by atoms with van der Waals surface area (Å²) in [6, 6.07) is 0. The molecular formula is C12H23NO. The highest BCUT2D eigenvalue weighted by atomic mass is 16.1. The van der Waals surface area contributed by atoms with Gasteiger partial charge in [0.25, 0.3) is 0 Å². The zero-order chi connectivity index (χ0) is 10.4. The van der Waals surface area contributed by atoms with Crippen LogP contribution in [0.1, 0.15) is 46.0 Å². The third kappa shape index (κ3) is 3.41. The molecule has 1 atom stereocenters. The van der Waals surface area contributed by atoms with E-state index in [1.165, 1.54) is 6.42 Å². The van der Waals surface area contributed by atoms with Crippen molar-refractivity contribution in [2.24, 2.45) is 11.8 Å². The number of ketones is 1. The molecular weight excluding hydrogens is 174 g/mol. The summed E-state index contributed by atoms with van der Waals surface area (Å²) in [6.45, 7) is 6.49. The van der Waals surface area contributed by atoms with Crippen molar-refractivity contribution in [3.8, 4) is 0 Å². The van der Waals surface area contributed by atoms with E-state index in [2.05, 4.69) is 19.2 Å². The lowest BCUT2D eigenvalue weighted by molar-refractivity contribution is -0.123. The van der Waals surface area contributed by atoms with E-state index in [0.29, 0.717) is 11.7 Å². The van der Waals surface area contributed by atoms with Gasteiger partial charge in [-0.1, -0.05) is 13.8 Å². The van der Waals surface area contributed by atoms with Gasteiger partial charge in [-0.3, -0.25) is 4.79 Å². The SMILES string of the molecule is CCC(CC)C(=O)CCC1CCNC1. The van der Waals surface area contributed by atoms with E-state index in [-0.39, 0.29) is 0 Å². The highest BCUT2D eigenvalue weighted by molar-refractivity contribution is 5.80. The molecule has 2 nitrogen and oxygen atoms in total. The van der Waals surface area contributed by atoms with Crippen molar-refractivity contribution >= 4 is 5.78 Å². The van der Waals surface area contributed by atoms with Gasteiger partial charge in [-0.2, -0.15) is 0 Å². The Kier molecular flexibility index (Phi) is 5.16. The standard InChI is InChI=1S/C12H23NO/c1-3-11(4-2)12(14)6-5-10-7-8-13-9-10/h10-11,13H,3-9H2,1-2H3. The second-order valence-corrected chi connectivity index (χ2v) is 4.38. The average molecular weight is 197 g/mol. The maximum Gasteiger partial charge on any atom is 0.135 e. The molecule has 0 aromatic carbocycles. The molecule has 0 aromatic heterocycles. The molecule has 0 spiro atoms. The molecule has 0 saturated carbocycles. The van der Waals surface area contributed by atoms with E-state index in [9.17, 15) is 4.79 Å². The number of rotatable bonds is 6. The Morgan fingerprint density at radius 2 is 2.14 bits per heavy atom. The van der Waals surface area contributed by atoms with E-state index in [0.717, 1.165) is 44.7 Å². The molecule has 1 fully saturated rings. The summed E-state index contributed by atoms with van der Waals surface area (Å²) in [4.78, 5) is 11.7. The highest BCUT2D eigenvalue weighted by Gasteiger charge is 2.18. The zero-order valence-electron chi connectivity index (χ0n) is 9.51. The fraction of sp³-hybridized carbons (Fsp3) is 0.917. The van der Waals surface area contributed by atoms with Gasteiger partial charge in [0.15, 0.2) is 0 Å². The minimum Gasteiger partial charge on any atom is -0.316 e. The van der Waals surface area contributed by atoms with Gasteiger partial charge in [-0.15, -0.1) is 0 Å². The number of carbonyl (C=O) groups excluding carboxylic acids is 1. The summed E-state index contributed by atoms with van der Waals surface area (Å²) in [6.07, 6.45) is 5.19. The second kappa shape index (κ2) is 6.18. The molecule has 1 N–H and O–H groups in total. The fourth-order valence-corrected chi connectivity index (χ4v) is 2.26. The average Bonchev–Trinajstić information content (AvgIpc) is 2.69. The van der Waals surface area contributed by atoms with Crippen molar-refractivity contribution in [2.45, 2.75) is 46.0 Å². The topological polar surface area (TPSA) is 29.1 Å². The minimum absolute atomic E-state index is 0.323. The van der Waals surface area contributed by atoms with Crippen molar-refractivity contribution in [3.63, 3.8) is 0 Å². The van der Waals surface area contributed by atoms with Gasteiger partial charge in [-0.25, -0.2) is 0 Å². The van der Waals surface area contributed by atoms with Crippen LogP contribution in [0.2, 0.25) is 0 Å². The first-order chi connectivity index (χ1) is 6.77. The molecule has 82 valence electrons. The van der Waals surface area contributed by atoms with Crippen molar-refractivity contribution < 1.29 is 4.79 Å². The first kappa shape index (κ1) is 11.7. The number of Topliss-reactive ketones (excluding diaryl/α,β-unsaturated/α-hetero) is 1. The Morgan fingerprint density at radius 3 is 2.64 bits per heavy atom. The summed E-state index contributed by atoms with van der Waals surface area (Å²) in [5.41, 5.74) is 0. The number of hydrogen-bond acceptors (Lipinski definition) is 2. The maximum absolute atomic E-state index is 11.7. The quantitative estimate of drug-likeness (QED) is 0.708. The molecule has 1 heterocycles. The summed E-state index contributed by atoms with van der Waals surface area (Å²) < 4.78 is 0. The van der Waals surface area contributed by atoms with Crippen LogP contribution >= 0.6 is 0 Å². The molecule has 0 aromatic rings. The highest BCUT2D eigenvalue weighted by Crippen LogP contribution is 2.18. The van der Waals surface area contributed by atoms with Crippen LogP contribution in [-0.2, 0) is 4.79 Å². The second-order valence-electron chi connectivity index (χ2n) is 4.38. The third-order valence-corrected chi connectivity index (χ3v) is 3.40. The van der Waals surface area contributed by atoms with Crippen LogP contribution in [0, 0.1) is 11.8 Å². The monoisotopic (exact) mass is 197 g/mol. The molecule has 0 amide bonds. The van der Waals surface area contributed by atoms with Crippen molar-refractivity contribution in [2.75, 3.05) is 13.1 Å². The lowest BCUT2D eigenvalue weighted by Gasteiger charge is -2.12. The number of carbonyl (C=O) groups is 1. The Morgan fingerprint density at radius 1 is 1.43 bits per heavy atom. The summed E-state index contributed by atoms with van der Waals surface area (Å²) in [5.74, 6) is 1.57. The molecule has 0 aliphatic carbocycles. The maximum atomic E-state index is 11.7. The van der Waals surface area contributed by atoms with Gasteiger partial charge < -0.3 is 5.32 Å². The molecule has 1 aliphatic rings. The van der Waals surface area contributed by atoms with Crippen LogP contribution in [0.15, 0.2) is 0 Å². The predicted octanol–water partition coefficient (Wildman–Crippen LogP) is 2.38. The van der Waals surface area contributed by atoms with E-state index in [1.807, 2.05) is 0 Å². The number of hydrogen-bond donors (Lipinski definition) is 1. The first-order valence-corrected chi connectivity index (χ1v) is 6.01. The lowest BCUT2D eigenvalue weighted by Crippen LogP contribution is -2.15. The predicted molar refractivity (Wildman–Crippen MR) is 59.3 cm³/mol. The molecule has 1 saturated heterocycles. The van der Waals surface area contributed by atoms with Crippen molar-refractivity contribution in [1.82, 2.24) is 5.32 Å². The largest absolute Gasteiger partial charge is 0.316 e. The van der Waals surface area contributed by atoms with Crippen LogP contribution in [-0.4, -0.2) is 18.9 Å². The van der Waals surface area contributed by atoms with Gasteiger partial charge in [0.05, 0.1) is 0 Å². The fourth-order valence-electron chi connectivity index (χ4n) is 2.26. The van der Waals surface area contributed by atoms with Gasteiger partial charge >= 0.3 is 0 Å². The molecule has 14 heavy (non-hydrogen) atoms. The minimum atomic E-state index is 0.323. The third-order valence-electron chi connectivity index (χ3n) is 3.40. The molecule has 1 unspecified atom stereocenters. The summed E-state index contributed by atoms with van der Waals surface area (Å²) in [5, 5.41) is 3.34. The van der Waals surface area contributed by atoms with Gasteiger partial charge in [-0.05, 0) is 44.7 Å². The normalized spacial score (nSPS) is 21.8. The summed E-state index contributed by atoms with van der Waals surface area (Å²) in [7, 11) is 0. The Bertz CT molecular complexity index is 169. The molecule has 1 aliphatic heterocycles. The Hall–Kier alpha value is -0.370.